The molecule has 1 aliphatic heterocycles. The Balaban J connectivity index is 1.38. The van der Waals surface area contributed by atoms with Crippen LogP contribution in [-0.2, 0) is 59.1 Å². The fourth-order valence-corrected chi connectivity index (χ4v) is 9.73. The summed E-state index contributed by atoms with van der Waals surface area (Å²) in [6.07, 6.45) is 3.08. The molecule has 3 aromatic rings. The third-order valence-corrected chi connectivity index (χ3v) is 13.9. The number of amides is 7. The zero-order valence-corrected chi connectivity index (χ0v) is 48.6. The van der Waals surface area contributed by atoms with Crippen LogP contribution in [0.5, 0.6) is 0 Å². The Morgan fingerprint density at radius 1 is 0.831 bits per heavy atom. The quantitative estimate of drug-likeness (QED) is 0.0377. The molecule has 0 saturated carbocycles. The van der Waals surface area contributed by atoms with E-state index in [2.05, 4.69) is 26.6 Å². The zero-order valence-electron chi connectivity index (χ0n) is 48.6. The number of rotatable bonds is 36. The van der Waals surface area contributed by atoms with E-state index in [1.807, 2.05) is 55.7 Å². The van der Waals surface area contributed by atoms with E-state index in [1.54, 1.807) is 26.1 Å². The number of nitrogens with one attached hydrogen (secondary N) is 5. The molecule has 11 N–H and O–H groups in total. The Hall–Kier alpha value is -6.90. The second-order valence-corrected chi connectivity index (χ2v) is 21.8. The highest BCUT2D eigenvalue weighted by Gasteiger charge is 2.41. The number of aliphatic hydroxyl groups excluding tert-OH is 1. The number of carbonyl (C=O) groups excluding carboxylic acids is 7. The molecule has 4 rings (SSSR count). The molecule has 7 amide bonds. The molecule has 0 unspecified atom stereocenters. The van der Waals surface area contributed by atoms with Crippen LogP contribution in [0.4, 0.5) is 8.78 Å². The number of unbranched alkanes of at least 4 members (excludes halogenated alkanes) is 1. The number of hydrogen-bond acceptors (Lipinski definition) is 14. The van der Waals surface area contributed by atoms with E-state index in [9.17, 15) is 53.0 Å². The van der Waals surface area contributed by atoms with Gasteiger partial charge in [-0.2, -0.15) is 0 Å². The monoisotopic (exact) mass is 1170 g/mol. The van der Waals surface area contributed by atoms with Gasteiger partial charge in [0.15, 0.2) is 0 Å². The SMILES string of the molecule is CNC(=O)[C@H](CCN(C(=O)CO)[C@@H](c1cc(-c2cc(F)ccc2F)cn1Cc1ccccc1)C(C)(C)C)NC(=O)[C@@H](NC(=O)[C@@H]1CCCN1C(=O)[C@H](CC(=O)O)NC(=O)CCOCCOCCOCCNC(=O)[C@@H](N)CCCCN)C(C)C. The molecule has 0 aliphatic carbocycles. The average Bonchev–Trinajstić information content (AvgIpc) is 4.35. The largest absolute Gasteiger partial charge is 0.481 e. The summed E-state index contributed by atoms with van der Waals surface area (Å²) in [5.74, 6) is -7.89. The van der Waals surface area contributed by atoms with Crippen LogP contribution in [0.25, 0.3) is 11.1 Å². The second-order valence-electron chi connectivity index (χ2n) is 21.8. The maximum absolute atomic E-state index is 15.3. The summed E-state index contributed by atoms with van der Waals surface area (Å²) in [6.45, 7) is 9.91. The molecule has 0 bridgehead atoms. The number of aromatic nitrogens is 1. The maximum atomic E-state index is 15.3. The Kier molecular flexibility index (Phi) is 28.6. The number of carboxylic acids is 1. The van der Waals surface area contributed by atoms with Gasteiger partial charge in [0.25, 0.3) is 0 Å². The first-order valence-corrected chi connectivity index (χ1v) is 28.2. The van der Waals surface area contributed by atoms with Crippen molar-refractivity contribution in [2.75, 3.05) is 79.5 Å². The number of ether oxygens (including phenoxy) is 3. The summed E-state index contributed by atoms with van der Waals surface area (Å²) >= 11 is 0. The number of nitrogens with two attached hydrogens (primary N) is 2. The van der Waals surface area contributed by atoms with Crippen molar-refractivity contribution in [2.45, 2.75) is 129 Å². The van der Waals surface area contributed by atoms with E-state index in [0.29, 0.717) is 30.6 Å². The van der Waals surface area contributed by atoms with E-state index in [4.69, 9.17) is 25.7 Å². The summed E-state index contributed by atoms with van der Waals surface area (Å²) in [5.41, 5.74) is 12.2. The number of carboxylic acid groups (broad SMARTS) is 1. The van der Waals surface area contributed by atoms with Gasteiger partial charge in [-0.1, -0.05) is 71.4 Å². The molecule has 6 atom stereocenters. The van der Waals surface area contributed by atoms with Crippen LogP contribution in [0.15, 0.2) is 60.8 Å². The van der Waals surface area contributed by atoms with E-state index >= 15 is 4.39 Å². The smallest absolute Gasteiger partial charge is 0.305 e. The summed E-state index contributed by atoms with van der Waals surface area (Å²) in [6, 6.07) is 7.41. The van der Waals surface area contributed by atoms with Crippen molar-refractivity contribution in [3.63, 3.8) is 0 Å². The van der Waals surface area contributed by atoms with Crippen LogP contribution >= 0.6 is 0 Å². The van der Waals surface area contributed by atoms with Crippen molar-refractivity contribution < 1.29 is 71.6 Å². The second kappa shape index (κ2) is 34.6. The van der Waals surface area contributed by atoms with Crippen molar-refractivity contribution in [3.05, 3.63) is 83.7 Å². The standard InChI is InChI=1S/C58H86F2N10O13/c1-37(2)51(67-55(78)46-16-12-23-69(46)57(80)45(33-50(74)75)65-48(72)20-25-81-27-29-83-30-28-82-26-22-64-53(76)43(62)15-10-11-21-61)56(79)66-44(54(77)63-6)19-24-70(49(73)36-71)52(58(3,4)5)47-31-39(41-32-40(59)17-18-42(41)60)35-68(47)34-38-13-8-7-9-14-38/h7-9,13-14,17-18,31-32,35,37,43-46,51-52,71H,10-12,15-16,19-30,33-34,36,61-62H2,1-6H3,(H,63,77)(H,64,76)(H,65,72)(H,66,79)(H,67,78)(H,74,75)/t43-,44-,45-,46-,51-,52-/m0/s1. The van der Waals surface area contributed by atoms with Gasteiger partial charge in [-0.15, -0.1) is 0 Å². The molecule has 2 aromatic carbocycles. The molecule has 0 radical (unpaired) electrons. The van der Waals surface area contributed by atoms with Gasteiger partial charge in [0.1, 0.15) is 42.4 Å². The number of likely N-dealkylation sites (tertiary alicyclic amines) is 1. The summed E-state index contributed by atoms with van der Waals surface area (Å²) in [4.78, 5) is 109. The fraction of sp³-hybridized carbons (Fsp3) is 0.586. The Morgan fingerprint density at radius 3 is 2.13 bits per heavy atom. The van der Waals surface area contributed by atoms with Crippen LogP contribution in [0, 0.1) is 23.0 Å². The Morgan fingerprint density at radius 2 is 1.51 bits per heavy atom. The highest BCUT2D eigenvalue weighted by molar-refractivity contribution is 5.97. The van der Waals surface area contributed by atoms with Gasteiger partial charge in [0.05, 0.1) is 58.1 Å². The maximum Gasteiger partial charge on any atom is 0.305 e. The third-order valence-electron chi connectivity index (χ3n) is 13.9. The van der Waals surface area contributed by atoms with Crippen molar-refractivity contribution in [3.8, 4) is 11.1 Å². The molecule has 1 fully saturated rings. The van der Waals surface area contributed by atoms with Crippen molar-refractivity contribution in [1.82, 2.24) is 41.0 Å². The number of halogens is 2. The molecule has 460 valence electrons. The first kappa shape index (κ1) is 68.6. The normalized spacial score (nSPS) is 15.2. The molecule has 1 saturated heterocycles. The van der Waals surface area contributed by atoms with E-state index in [-0.39, 0.29) is 96.6 Å². The molecule has 0 spiro atoms. The lowest BCUT2D eigenvalue weighted by molar-refractivity contribution is -0.146. The molecule has 83 heavy (non-hydrogen) atoms. The lowest BCUT2D eigenvalue weighted by atomic mass is 9.82. The predicted molar refractivity (Wildman–Crippen MR) is 304 cm³/mol. The minimum absolute atomic E-state index is 0.00938. The summed E-state index contributed by atoms with van der Waals surface area (Å²) in [5, 5.41) is 33.3. The number of aliphatic hydroxyl groups is 1. The number of carbonyl (C=O) groups is 8. The van der Waals surface area contributed by atoms with Crippen LogP contribution in [-0.4, -0.2) is 182 Å². The lowest BCUT2D eigenvalue weighted by Gasteiger charge is -2.41. The minimum Gasteiger partial charge on any atom is -0.481 e. The molecule has 23 nitrogen and oxygen atoms in total. The number of aliphatic carboxylic acids is 1. The first-order chi connectivity index (χ1) is 39.5. The van der Waals surface area contributed by atoms with Gasteiger partial charge in [0, 0.05) is 62.7 Å². The fourth-order valence-electron chi connectivity index (χ4n) is 9.73. The van der Waals surface area contributed by atoms with Crippen LogP contribution < -0.4 is 38.1 Å². The average molecular weight is 1170 g/mol. The molecule has 1 aromatic heterocycles. The van der Waals surface area contributed by atoms with Crippen molar-refractivity contribution in [1.29, 1.82) is 0 Å². The van der Waals surface area contributed by atoms with Crippen molar-refractivity contribution in [2.24, 2.45) is 22.8 Å². The molecular weight excluding hydrogens is 1080 g/mol. The number of nitrogens with zero attached hydrogens (tertiary/aromatic N) is 3. The predicted octanol–water partition coefficient (Wildman–Crippen LogP) is 2.11. The Labute approximate surface area is 484 Å². The van der Waals surface area contributed by atoms with Crippen molar-refractivity contribution >= 4 is 47.3 Å². The number of hydrogen-bond donors (Lipinski definition) is 9. The third kappa shape index (κ3) is 22.0. The van der Waals surface area contributed by atoms with Gasteiger partial charge in [-0.05, 0) is 79.8 Å². The van der Waals surface area contributed by atoms with Gasteiger partial charge < -0.3 is 76.8 Å². The van der Waals surface area contributed by atoms with Gasteiger partial charge >= 0.3 is 5.97 Å². The van der Waals surface area contributed by atoms with Gasteiger partial charge in [-0.25, -0.2) is 8.78 Å². The molecule has 2 heterocycles. The van der Waals surface area contributed by atoms with Crippen LogP contribution in [0.1, 0.15) is 103 Å². The highest BCUT2D eigenvalue weighted by atomic mass is 19.1. The van der Waals surface area contributed by atoms with Crippen LogP contribution in [0.3, 0.4) is 0 Å². The lowest BCUT2D eigenvalue weighted by Crippen LogP contribution is -2.59. The first-order valence-electron chi connectivity index (χ1n) is 28.2. The van der Waals surface area contributed by atoms with E-state index in [1.165, 1.54) is 16.8 Å². The molecule has 25 heteroatoms. The Bertz CT molecular complexity index is 2600. The van der Waals surface area contributed by atoms with Gasteiger partial charge in [-0.3, -0.25) is 38.4 Å². The molecular formula is C58H86F2N10O13. The minimum atomic E-state index is -1.54. The van der Waals surface area contributed by atoms with Gasteiger partial charge in [0.2, 0.25) is 41.4 Å². The zero-order chi connectivity index (χ0) is 61.2. The topological polar surface area (TPSA) is 328 Å². The van der Waals surface area contributed by atoms with Crippen LogP contribution in [0.2, 0.25) is 0 Å². The number of likely N-dealkylation sites (N-methyl/N-ethyl adjacent to an activating group) is 1. The molecule has 1 aliphatic rings. The highest BCUT2D eigenvalue weighted by Crippen LogP contribution is 2.41. The number of benzene rings is 2. The summed E-state index contributed by atoms with van der Waals surface area (Å²) in [7, 11) is 1.36. The van der Waals surface area contributed by atoms with E-state index < -0.39 is 114 Å². The van der Waals surface area contributed by atoms with E-state index in [0.717, 1.165) is 36.6 Å². The summed E-state index contributed by atoms with van der Waals surface area (Å²) < 4.78 is 48.1.